The number of aromatic amines is 1. The molecule has 0 saturated carbocycles. The summed E-state index contributed by atoms with van der Waals surface area (Å²) in [7, 11) is 1.46. The Morgan fingerprint density at radius 1 is 1.23 bits per heavy atom. The van der Waals surface area contributed by atoms with Crippen molar-refractivity contribution in [3.63, 3.8) is 0 Å². The Labute approximate surface area is 123 Å². The van der Waals surface area contributed by atoms with Crippen LogP contribution in [-0.4, -0.2) is 45.1 Å². The lowest BCUT2D eigenvalue weighted by Gasteiger charge is -2.10. The first-order chi connectivity index (χ1) is 10.6. The summed E-state index contributed by atoms with van der Waals surface area (Å²) >= 11 is 0. The number of nitrogens with one attached hydrogen (secondary N) is 1. The smallest absolute Gasteiger partial charge is 0.377 e. The molecule has 0 radical (unpaired) electrons. The summed E-state index contributed by atoms with van der Waals surface area (Å²) in [5.41, 5.74) is 0.353. The van der Waals surface area contributed by atoms with Crippen molar-refractivity contribution in [3.8, 4) is 0 Å². The second-order valence-corrected chi connectivity index (χ2v) is 4.37. The fraction of sp³-hybridized carbons (Fsp3) is 0.154. The van der Waals surface area contributed by atoms with Gasteiger partial charge in [-0.1, -0.05) is 17.2 Å². The molecule has 112 valence electrons. The lowest BCUT2D eigenvalue weighted by molar-refractivity contribution is -0.0592. The molecule has 2 heterocycles. The summed E-state index contributed by atoms with van der Waals surface area (Å²) < 4.78 is 4.83. The average molecular weight is 302 g/mol. The maximum Gasteiger partial charge on any atom is 0.403 e. The lowest BCUT2D eigenvalue weighted by atomic mass is 10.1. The third-order valence-corrected chi connectivity index (χ3v) is 2.93. The van der Waals surface area contributed by atoms with Crippen LogP contribution >= 0.6 is 0 Å². The Kier molecular flexibility index (Phi) is 3.39. The summed E-state index contributed by atoms with van der Waals surface area (Å²) in [6.07, 6.45) is 0. The van der Waals surface area contributed by atoms with E-state index in [2.05, 4.69) is 15.2 Å². The van der Waals surface area contributed by atoms with Crippen LogP contribution in [0, 0.1) is 0 Å². The van der Waals surface area contributed by atoms with E-state index in [0.717, 1.165) is 0 Å². The molecule has 3 rings (SSSR count). The molecular formula is C13H10N4O5. The molecule has 0 atom stereocenters. The van der Waals surface area contributed by atoms with E-state index in [1.807, 2.05) is 0 Å². The van der Waals surface area contributed by atoms with Gasteiger partial charge < -0.3 is 9.57 Å². The van der Waals surface area contributed by atoms with E-state index >= 15 is 0 Å². The Morgan fingerprint density at radius 3 is 2.45 bits per heavy atom. The molecule has 1 aliphatic rings. The molecule has 1 N–H and O–H groups in total. The number of carbonyl (C=O) groups is 3. The highest BCUT2D eigenvalue weighted by Crippen LogP contribution is 2.22. The van der Waals surface area contributed by atoms with Crippen LogP contribution in [0.4, 0.5) is 0 Å². The molecule has 0 unspecified atom stereocenters. The van der Waals surface area contributed by atoms with Crippen LogP contribution < -0.4 is 0 Å². The van der Waals surface area contributed by atoms with Crippen molar-refractivity contribution in [2.75, 3.05) is 7.11 Å². The topological polar surface area (TPSA) is 114 Å². The van der Waals surface area contributed by atoms with E-state index in [4.69, 9.17) is 9.57 Å². The van der Waals surface area contributed by atoms with Gasteiger partial charge in [-0.2, -0.15) is 0 Å². The molecule has 0 fully saturated rings. The molecule has 22 heavy (non-hydrogen) atoms. The number of aromatic nitrogens is 3. The zero-order valence-electron chi connectivity index (χ0n) is 11.4. The molecular weight excluding hydrogens is 292 g/mol. The first-order valence-electron chi connectivity index (χ1n) is 6.22. The van der Waals surface area contributed by atoms with Gasteiger partial charge in [0.05, 0.1) is 11.1 Å². The molecule has 1 aliphatic heterocycles. The number of imide groups is 1. The van der Waals surface area contributed by atoms with Gasteiger partial charge in [0.1, 0.15) is 6.61 Å². The van der Waals surface area contributed by atoms with Gasteiger partial charge in [0.2, 0.25) is 0 Å². The predicted octanol–water partition coefficient (Wildman–Crippen LogP) is 0.319. The first kappa shape index (κ1) is 13.9. The number of carbonyl (C=O) groups excluding carboxylic acids is 3. The van der Waals surface area contributed by atoms with E-state index in [9.17, 15) is 14.4 Å². The second kappa shape index (κ2) is 5.37. The Hall–Kier alpha value is -3.07. The molecule has 0 bridgehead atoms. The molecule has 0 saturated heterocycles. The highest BCUT2D eigenvalue weighted by Gasteiger charge is 2.39. The largest absolute Gasteiger partial charge is 0.403 e. The molecule has 2 aromatic rings. The second-order valence-electron chi connectivity index (χ2n) is 4.37. The van der Waals surface area contributed by atoms with E-state index < -0.39 is 17.8 Å². The fourth-order valence-electron chi connectivity index (χ4n) is 1.96. The van der Waals surface area contributed by atoms with Gasteiger partial charge in [-0.05, 0) is 12.1 Å². The van der Waals surface area contributed by atoms with Crippen LogP contribution in [0.15, 0.2) is 24.3 Å². The number of hydroxylamine groups is 2. The number of fused-ring (bicyclic) bond motifs is 1. The summed E-state index contributed by atoms with van der Waals surface area (Å²) in [6, 6.07) is 6.18. The zero-order chi connectivity index (χ0) is 15.7. The number of methoxy groups -OCH3 is 1. The highest BCUT2D eigenvalue weighted by atomic mass is 16.7. The van der Waals surface area contributed by atoms with Crippen molar-refractivity contribution in [1.29, 1.82) is 0 Å². The molecule has 2 amide bonds. The van der Waals surface area contributed by atoms with Crippen LogP contribution in [0.2, 0.25) is 0 Å². The standard InChI is InChI=1S/C13H10N4O5/c1-21-6-9-14-10(16-15-9)13(20)22-17-11(18)7-4-2-3-5-8(7)12(17)19/h2-5H,6H2,1H3,(H,14,15,16). The van der Waals surface area contributed by atoms with Gasteiger partial charge in [0.15, 0.2) is 5.82 Å². The minimum Gasteiger partial charge on any atom is -0.377 e. The third kappa shape index (κ3) is 2.23. The van der Waals surface area contributed by atoms with Gasteiger partial charge in [-0.3, -0.25) is 14.7 Å². The zero-order valence-corrected chi connectivity index (χ0v) is 11.4. The Balaban J connectivity index is 1.77. The van der Waals surface area contributed by atoms with Crippen LogP contribution in [0.3, 0.4) is 0 Å². The van der Waals surface area contributed by atoms with Crippen molar-refractivity contribution < 1.29 is 24.0 Å². The van der Waals surface area contributed by atoms with Gasteiger partial charge in [-0.25, -0.2) is 9.78 Å². The molecule has 9 heteroatoms. The van der Waals surface area contributed by atoms with Gasteiger partial charge >= 0.3 is 5.97 Å². The van der Waals surface area contributed by atoms with Crippen LogP contribution in [0.1, 0.15) is 37.2 Å². The maximum atomic E-state index is 12.0. The summed E-state index contributed by atoms with van der Waals surface area (Å²) in [4.78, 5) is 44.6. The number of benzene rings is 1. The van der Waals surface area contributed by atoms with Crippen molar-refractivity contribution in [3.05, 3.63) is 47.0 Å². The first-order valence-corrected chi connectivity index (χ1v) is 6.22. The quantitative estimate of drug-likeness (QED) is 0.809. The number of hydrogen-bond acceptors (Lipinski definition) is 7. The predicted molar refractivity (Wildman–Crippen MR) is 69.5 cm³/mol. The van der Waals surface area contributed by atoms with Crippen LogP contribution in [0.5, 0.6) is 0 Å². The maximum absolute atomic E-state index is 12.0. The van der Waals surface area contributed by atoms with Crippen LogP contribution in [-0.2, 0) is 16.2 Å². The molecule has 9 nitrogen and oxygen atoms in total. The minimum absolute atomic E-state index is 0.132. The number of H-pyrrole nitrogens is 1. The summed E-state index contributed by atoms with van der Waals surface area (Å²) in [5.74, 6) is -2.42. The Morgan fingerprint density at radius 2 is 1.86 bits per heavy atom. The van der Waals surface area contributed by atoms with E-state index in [-0.39, 0.29) is 23.6 Å². The fourth-order valence-corrected chi connectivity index (χ4v) is 1.96. The lowest BCUT2D eigenvalue weighted by Crippen LogP contribution is -2.33. The number of hydrogen-bond donors (Lipinski definition) is 1. The van der Waals surface area contributed by atoms with E-state index in [1.54, 1.807) is 12.1 Å². The van der Waals surface area contributed by atoms with Gasteiger partial charge in [-0.15, -0.1) is 5.10 Å². The van der Waals surface area contributed by atoms with Crippen molar-refractivity contribution in [2.24, 2.45) is 0 Å². The van der Waals surface area contributed by atoms with E-state index in [1.165, 1.54) is 19.2 Å². The van der Waals surface area contributed by atoms with Crippen molar-refractivity contribution >= 4 is 17.8 Å². The monoisotopic (exact) mass is 302 g/mol. The average Bonchev–Trinajstić information content (AvgIpc) is 3.08. The molecule has 0 spiro atoms. The van der Waals surface area contributed by atoms with Gasteiger partial charge in [0.25, 0.3) is 17.6 Å². The normalized spacial score (nSPS) is 13.4. The van der Waals surface area contributed by atoms with Crippen molar-refractivity contribution in [1.82, 2.24) is 20.2 Å². The highest BCUT2D eigenvalue weighted by molar-refractivity contribution is 6.21. The van der Waals surface area contributed by atoms with Crippen molar-refractivity contribution in [2.45, 2.75) is 6.61 Å². The summed E-state index contributed by atoms with van der Waals surface area (Å²) in [5, 5.41) is 6.51. The number of nitrogens with zero attached hydrogens (tertiary/aromatic N) is 3. The SMILES string of the molecule is COCc1nc(C(=O)ON2C(=O)c3ccccc3C2=O)n[nH]1. The van der Waals surface area contributed by atoms with E-state index in [0.29, 0.717) is 10.9 Å². The molecule has 0 aliphatic carbocycles. The number of amides is 2. The molecule has 1 aromatic carbocycles. The minimum atomic E-state index is -1.02. The van der Waals surface area contributed by atoms with Gasteiger partial charge in [0, 0.05) is 7.11 Å². The summed E-state index contributed by atoms with van der Waals surface area (Å²) in [6.45, 7) is 0.132. The van der Waals surface area contributed by atoms with Crippen LogP contribution in [0.25, 0.3) is 0 Å². The number of ether oxygens (including phenoxy) is 1. The number of rotatable bonds is 4. The third-order valence-electron chi connectivity index (χ3n) is 2.93. The Bertz CT molecular complexity index is 734. The molecule has 1 aromatic heterocycles.